The van der Waals surface area contributed by atoms with Crippen LogP contribution in [0.5, 0.6) is 0 Å². The number of H-pyrrole nitrogens is 1. The molecule has 3 rings (SSSR count). The van der Waals surface area contributed by atoms with E-state index in [1.807, 2.05) is 25.1 Å². The van der Waals surface area contributed by atoms with E-state index >= 15 is 0 Å². The molecule has 3 aromatic rings. The minimum Gasteiger partial charge on any atom is -0.239 e. The number of aromatic amines is 1. The SMILES string of the molecule is C/C(=C(/c1ccccc1)c1ccc(C)cc1)c1nnn[nH]1. The molecule has 0 aliphatic carbocycles. The van der Waals surface area contributed by atoms with E-state index < -0.39 is 0 Å². The molecule has 0 radical (unpaired) electrons. The Hall–Kier alpha value is -2.75. The van der Waals surface area contributed by atoms with Gasteiger partial charge in [-0.3, -0.25) is 0 Å². The van der Waals surface area contributed by atoms with E-state index in [1.54, 1.807) is 0 Å². The summed E-state index contributed by atoms with van der Waals surface area (Å²) in [6.45, 7) is 4.12. The summed E-state index contributed by atoms with van der Waals surface area (Å²) in [5.41, 5.74) is 5.70. The maximum Gasteiger partial charge on any atom is 0.175 e. The van der Waals surface area contributed by atoms with Crippen molar-refractivity contribution < 1.29 is 0 Å². The van der Waals surface area contributed by atoms with Crippen LogP contribution < -0.4 is 0 Å². The van der Waals surface area contributed by atoms with Crippen molar-refractivity contribution in [2.45, 2.75) is 13.8 Å². The summed E-state index contributed by atoms with van der Waals surface area (Å²) < 4.78 is 0. The molecular formula is C17H16N4. The van der Waals surface area contributed by atoms with Crippen LogP contribution in [0.25, 0.3) is 11.1 Å². The minimum absolute atomic E-state index is 0.689. The monoisotopic (exact) mass is 276 g/mol. The van der Waals surface area contributed by atoms with Crippen LogP contribution in [-0.2, 0) is 0 Å². The average molecular weight is 276 g/mol. The molecule has 0 aliphatic rings. The van der Waals surface area contributed by atoms with Crippen molar-refractivity contribution in [3.63, 3.8) is 0 Å². The smallest absolute Gasteiger partial charge is 0.175 e. The van der Waals surface area contributed by atoms with Gasteiger partial charge in [0.1, 0.15) is 0 Å². The third-order valence-electron chi connectivity index (χ3n) is 3.48. The number of hydrogen-bond acceptors (Lipinski definition) is 3. The fourth-order valence-corrected chi connectivity index (χ4v) is 2.36. The first-order valence-electron chi connectivity index (χ1n) is 6.83. The van der Waals surface area contributed by atoms with Crippen LogP contribution in [0.1, 0.15) is 29.4 Å². The number of nitrogens with one attached hydrogen (secondary N) is 1. The number of rotatable bonds is 3. The maximum absolute atomic E-state index is 4.03. The van der Waals surface area contributed by atoms with Crippen molar-refractivity contribution >= 4 is 11.1 Å². The Labute approximate surface area is 123 Å². The van der Waals surface area contributed by atoms with Gasteiger partial charge in [0.15, 0.2) is 5.82 Å². The van der Waals surface area contributed by atoms with Gasteiger partial charge in [0.2, 0.25) is 0 Å². The lowest BCUT2D eigenvalue weighted by Crippen LogP contribution is -1.94. The predicted molar refractivity (Wildman–Crippen MR) is 83.4 cm³/mol. The zero-order valence-electron chi connectivity index (χ0n) is 12.0. The predicted octanol–water partition coefficient (Wildman–Crippen LogP) is 3.49. The zero-order valence-corrected chi connectivity index (χ0v) is 12.0. The highest BCUT2D eigenvalue weighted by molar-refractivity contribution is 5.96. The second-order valence-corrected chi connectivity index (χ2v) is 4.98. The number of nitrogens with zero attached hydrogens (tertiary/aromatic N) is 3. The molecule has 0 amide bonds. The molecule has 0 spiro atoms. The molecule has 0 saturated carbocycles. The standard InChI is InChI=1S/C17H16N4/c1-12-8-10-15(11-9-12)16(14-6-4-3-5-7-14)13(2)17-18-20-21-19-17/h3-11H,1-2H3,(H,18,19,20,21)/b16-13+. The van der Waals surface area contributed by atoms with E-state index in [-0.39, 0.29) is 0 Å². The van der Waals surface area contributed by atoms with Crippen LogP contribution >= 0.6 is 0 Å². The van der Waals surface area contributed by atoms with E-state index in [0.717, 1.165) is 22.3 Å². The Morgan fingerprint density at radius 1 is 0.905 bits per heavy atom. The van der Waals surface area contributed by atoms with Gasteiger partial charge in [0.25, 0.3) is 0 Å². The summed E-state index contributed by atoms with van der Waals surface area (Å²) in [5.74, 6) is 0.689. The van der Waals surface area contributed by atoms with E-state index in [9.17, 15) is 0 Å². The number of aromatic nitrogens is 4. The third kappa shape index (κ3) is 2.74. The molecule has 0 atom stereocenters. The largest absolute Gasteiger partial charge is 0.239 e. The first kappa shape index (κ1) is 13.2. The number of tetrazole rings is 1. The van der Waals surface area contributed by atoms with E-state index in [1.165, 1.54) is 5.56 Å². The molecule has 4 heteroatoms. The summed E-state index contributed by atoms with van der Waals surface area (Å²) in [7, 11) is 0. The van der Waals surface area contributed by atoms with Crippen molar-refractivity contribution in [1.82, 2.24) is 20.6 Å². The van der Waals surface area contributed by atoms with Gasteiger partial charge < -0.3 is 0 Å². The zero-order chi connectivity index (χ0) is 14.7. The number of aryl methyl sites for hydroxylation is 1. The second kappa shape index (κ2) is 5.71. The van der Waals surface area contributed by atoms with Gasteiger partial charge in [-0.2, -0.15) is 0 Å². The molecule has 1 N–H and O–H groups in total. The van der Waals surface area contributed by atoms with Gasteiger partial charge in [0.05, 0.1) is 0 Å². The molecule has 2 aromatic carbocycles. The highest BCUT2D eigenvalue weighted by Crippen LogP contribution is 2.30. The van der Waals surface area contributed by atoms with Crippen LogP contribution in [0.2, 0.25) is 0 Å². The first-order chi connectivity index (χ1) is 10.3. The van der Waals surface area contributed by atoms with Crippen molar-refractivity contribution in [2.24, 2.45) is 0 Å². The average Bonchev–Trinajstić information content (AvgIpc) is 3.05. The van der Waals surface area contributed by atoms with E-state index in [2.05, 4.69) is 63.9 Å². The molecule has 21 heavy (non-hydrogen) atoms. The molecule has 1 aromatic heterocycles. The van der Waals surface area contributed by atoms with Crippen LogP contribution in [0.4, 0.5) is 0 Å². The Bertz CT molecular complexity index is 741. The van der Waals surface area contributed by atoms with Gasteiger partial charge in [0, 0.05) is 5.57 Å². The third-order valence-corrected chi connectivity index (χ3v) is 3.48. The second-order valence-electron chi connectivity index (χ2n) is 4.98. The molecule has 0 unspecified atom stereocenters. The molecule has 1 heterocycles. The van der Waals surface area contributed by atoms with E-state index in [0.29, 0.717) is 5.82 Å². The first-order valence-corrected chi connectivity index (χ1v) is 6.83. The van der Waals surface area contributed by atoms with Gasteiger partial charge in [-0.1, -0.05) is 60.2 Å². The van der Waals surface area contributed by atoms with Gasteiger partial charge in [-0.25, -0.2) is 5.10 Å². The summed E-state index contributed by atoms with van der Waals surface area (Å²) in [6.07, 6.45) is 0. The Morgan fingerprint density at radius 2 is 1.57 bits per heavy atom. The lowest BCUT2D eigenvalue weighted by molar-refractivity contribution is 0.881. The molecule has 0 aliphatic heterocycles. The van der Waals surface area contributed by atoms with Crippen molar-refractivity contribution in [2.75, 3.05) is 0 Å². The fourth-order valence-electron chi connectivity index (χ4n) is 2.36. The lowest BCUT2D eigenvalue weighted by atomic mass is 9.93. The van der Waals surface area contributed by atoms with Crippen LogP contribution in [0.15, 0.2) is 54.6 Å². The molecule has 0 saturated heterocycles. The van der Waals surface area contributed by atoms with Crippen LogP contribution in [0.3, 0.4) is 0 Å². The fraction of sp³-hybridized carbons (Fsp3) is 0.118. The number of benzene rings is 2. The normalized spacial score (nSPS) is 12.1. The quantitative estimate of drug-likeness (QED) is 0.796. The lowest BCUT2D eigenvalue weighted by Gasteiger charge is -2.12. The summed E-state index contributed by atoms with van der Waals surface area (Å²) in [5, 5.41) is 14.2. The highest BCUT2D eigenvalue weighted by Gasteiger charge is 2.12. The van der Waals surface area contributed by atoms with Gasteiger partial charge in [-0.05, 0) is 41.0 Å². The summed E-state index contributed by atoms with van der Waals surface area (Å²) >= 11 is 0. The molecule has 104 valence electrons. The highest BCUT2D eigenvalue weighted by atomic mass is 15.5. The van der Waals surface area contributed by atoms with Gasteiger partial charge >= 0.3 is 0 Å². The van der Waals surface area contributed by atoms with Crippen molar-refractivity contribution in [3.8, 4) is 0 Å². The Balaban J connectivity index is 2.21. The van der Waals surface area contributed by atoms with Gasteiger partial charge in [-0.15, -0.1) is 5.10 Å². The maximum atomic E-state index is 4.03. The van der Waals surface area contributed by atoms with E-state index in [4.69, 9.17) is 0 Å². The topological polar surface area (TPSA) is 54.5 Å². The van der Waals surface area contributed by atoms with Crippen molar-refractivity contribution in [3.05, 3.63) is 77.1 Å². The Kier molecular flexibility index (Phi) is 3.60. The Morgan fingerprint density at radius 3 is 2.19 bits per heavy atom. The molecular weight excluding hydrogens is 260 g/mol. The molecule has 0 bridgehead atoms. The molecule has 4 nitrogen and oxygen atoms in total. The number of allylic oxidation sites excluding steroid dienone is 1. The van der Waals surface area contributed by atoms with Crippen LogP contribution in [-0.4, -0.2) is 20.6 Å². The number of hydrogen-bond donors (Lipinski definition) is 1. The molecule has 0 fully saturated rings. The minimum atomic E-state index is 0.689. The summed E-state index contributed by atoms with van der Waals surface area (Å²) in [4.78, 5) is 0. The van der Waals surface area contributed by atoms with Crippen LogP contribution in [0, 0.1) is 6.92 Å². The summed E-state index contributed by atoms with van der Waals surface area (Å²) in [6, 6.07) is 18.8. The van der Waals surface area contributed by atoms with Crippen molar-refractivity contribution in [1.29, 1.82) is 0 Å².